The quantitative estimate of drug-likeness (QED) is 0.338. The number of amides is 2. The predicted octanol–water partition coefficient (Wildman–Crippen LogP) is 6.77. The van der Waals surface area contributed by atoms with Crippen molar-refractivity contribution in [2.24, 2.45) is 0 Å². The van der Waals surface area contributed by atoms with E-state index in [1.165, 1.54) is 24.8 Å². The lowest BCUT2D eigenvalue weighted by Gasteiger charge is -2.26. The van der Waals surface area contributed by atoms with Crippen LogP contribution in [0.3, 0.4) is 0 Å². The van der Waals surface area contributed by atoms with Crippen molar-refractivity contribution < 1.29 is 14.3 Å². The van der Waals surface area contributed by atoms with Crippen molar-refractivity contribution in [3.05, 3.63) is 89.0 Å². The van der Waals surface area contributed by atoms with Crippen LogP contribution in [0.2, 0.25) is 0 Å². The van der Waals surface area contributed by atoms with E-state index < -0.39 is 0 Å². The van der Waals surface area contributed by atoms with Crippen molar-refractivity contribution in [1.29, 1.82) is 0 Å². The fourth-order valence-corrected chi connectivity index (χ4v) is 5.42. The molecule has 3 aromatic carbocycles. The van der Waals surface area contributed by atoms with Gasteiger partial charge in [0.1, 0.15) is 11.1 Å². The third-order valence-corrected chi connectivity index (χ3v) is 7.41. The minimum absolute atomic E-state index is 0.0550. The van der Waals surface area contributed by atoms with E-state index in [0.717, 1.165) is 28.9 Å². The number of ether oxygens (including phenoxy) is 1. The molecule has 1 fully saturated rings. The van der Waals surface area contributed by atoms with Crippen LogP contribution in [0, 0.1) is 6.92 Å². The zero-order chi connectivity index (χ0) is 24.8. The largest absolute Gasteiger partial charge is 0.495 e. The highest BCUT2D eigenvalue weighted by Crippen LogP contribution is 2.45. The molecule has 0 aliphatic carbocycles. The molecule has 1 aliphatic heterocycles. The number of nitrogens with one attached hydrogen (secondary N) is 1. The molecule has 35 heavy (non-hydrogen) atoms. The van der Waals surface area contributed by atoms with Crippen LogP contribution in [0.4, 0.5) is 11.4 Å². The smallest absolute Gasteiger partial charge is 0.255 e. The van der Waals surface area contributed by atoms with Gasteiger partial charge in [0.2, 0.25) is 5.91 Å². The summed E-state index contributed by atoms with van der Waals surface area (Å²) < 4.78 is 5.53. The van der Waals surface area contributed by atoms with Crippen LogP contribution in [-0.4, -0.2) is 24.7 Å². The minimum atomic E-state index is -0.150. The van der Waals surface area contributed by atoms with Crippen LogP contribution < -0.4 is 15.0 Å². The summed E-state index contributed by atoms with van der Waals surface area (Å²) in [5.74, 6) is 1.01. The molecule has 1 heterocycles. The summed E-state index contributed by atoms with van der Waals surface area (Å²) in [6.07, 6.45) is 4.65. The Morgan fingerprint density at radius 3 is 2.49 bits per heavy atom. The number of unbranched alkanes of at least 4 members (excludes halogenated alkanes) is 2. The van der Waals surface area contributed by atoms with Gasteiger partial charge in [0.25, 0.3) is 5.91 Å². The van der Waals surface area contributed by atoms with E-state index in [9.17, 15) is 9.59 Å². The second-order valence-corrected chi connectivity index (χ2v) is 9.90. The Hall–Kier alpha value is -3.25. The number of benzene rings is 3. The number of anilines is 2. The lowest BCUT2D eigenvalue weighted by Crippen LogP contribution is -2.28. The molecule has 0 saturated carbocycles. The third-order valence-electron chi connectivity index (χ3n) is 6.20. The first kappa shape index (κ1) is 24.9. The maximum Gasteiger partial charge on any atom is 0.255 e. The minimum Gasteiger partial charge on any atom is -0.495 e. The molecule has 6 heteroatoms. The molecule has 182 valence electrons. The van der Waals surface area contributed by atoms with Crippen molar-refractivity contribution in [3.63, 3.8) is 0 Å². The van der Waals surface area contributed by atoms with E-state index in [4.69, 9.17) is 4.74 Å². The number of thioether (sulfide) groups is 1. The van der Waals surface area contributed by atoms with Crippen LogP contribution in [-0.2, 0) is 11.2 Å². The average molecular weight is 489 g/mol. The van der Waals surface area contributed by atoms with Gasteiger partial charge < -0.3 is 10.1 Å². The number of nitrogens with zero attached hydrogens (tertiary/aromatic N) is 1. The number of carbonyl (C=O) groups is 2. The highest BCUT2D eigenvalue weighted by molar-refractivity contribution is 8.00. The Bertz CT molecular complexity index is 1180. The van der Waals surface area contributed by atoms with Gasteiger partial charge in [-0.2, -0.15) is 0 Å². The van der Waals surface area contributed by atoms with Gasteiger partial charge in [-0.3, -0.25) is 14.5 Å². The summed E-state index contributed by atoms with van der Waals surface area (Å²) in [6.45, 7) is 4.20. The Morgan fingerprint density at radius 1 is 1.06 bits per heavy atom. The Morgan fingerprint density at radius 2 is 1.80 bits per heavy atom. The Kier molecular flexibility index (Phi) is 8.13. The molecule has 0 radical (unpaired) electrons. The Labute approximate surface area is 211 Å². The summed E-state index contributed by atoms with van der Waals surface area (Å²) in [5.41, 5.74) is 5.47. The molecule has 0 spiro atoms. The van der Waals surface area contributed by atoms with Gasteiger partial charge in [-0.05, 0) is 72.9 Å². The number of hydrogen-bond donors (Lipinski definition) is 1. The molecule has 1 saturated heterocycles. The van der Waals surface area contributed by atoms with Crippen LogP contribution in [0.25, 0.3) is 0 Å². The van der Waals surface area contributed by atoms with Gasteiger partial charge in [-0.15, -0.1) is 11.8 Å². The summed E-state index contributed by atoms with van der Waals surface area (Å²) in [6, 6.07) is 21.4. The maximum absolute atomic E-state index is 12.8. The van der Waals surface area contributed by atoms with Gasteiger partial charge in [-0.25, -0.2) is 0 Å². The first-order chi connectivity index (χ1) is 17.0. The van der Waals surface area contributed by atoms with E-state index in [-0.39, 0.29) is 17.2 Å². The van der Waals surface area contributed by atoms with Crippen molar-refractivity contribution in [3.8, 4) is 5.75 Å². The molecule has 1 aliphatic rings. The van der Waals surface area contributed by atoms with E-state index in [2.05, 4.69) is 12.2 Å². The first-order valence-corrected chi connectivity index (χ1v) is 13.1. The zero-order valence-electron chi connectivity index (χ0n) is 20.5. The summed E-state index contributed by atoms with van der Waals surface area (Å²) in [7, 11) is 1.62. The number of methoxy groups -OCH3 is 1. The van der Waals surface area contributed by atoms with Crippen LogP contribution in [0.1, 0.15) is 58.6 Å². The van der Waals surface area contributed by atoms with Gasteiger partial charge in [0.05, 0.1) is 18.6 Å². The van der Waals surface area contributed by atoms with Crippen LogP contribution >= 0.6 is 11.8 Å². The zero-order valence-corrected chi connectivity index (χ0v) is 21.4. The van der Waals surface area contributed by atoms with Crippen molar-refractivity contribution in [1.82, 2.24) is 0 Å². The molecule has 3 aromatic rings. The molecule has 0 aromatic heterocycles. The van der Waals surface area contributed by atoms with E-state index >= 15 is 0 Å². The SMILES string of the molecule is CCCCCc1ccc(C(=O)Nc2ccc([C@@H]3SCC(=O)N3c3cc(C)ccc3OC)cc2)cc1. The fourth-order valence-electron chi connectivity index (χ4n) is 4.26. The topological polar surface area (TPSA) is 58.6 Å². The van der Waals surface area contributed by atoms with Crippen molar-refractivity contribution in [2.45, 2.75) is 44.9 Å². The summed E-state index contributed by atoms with van der Waals surface area (Å²) in [5, 5.41) is 2.83. The van der Waals surface area contributed by atoms with E-state index in [1.54, 1.807) is 18.9 Å². The summed E-state index contributed by atoms with van der Waals surface area (Å²) >= 11 is 1.59. The second-order valence-electron chi connectivity index (χ2n) is 8.83. The number of rotatable bonds is 9. The lowest BCUT2D eigenvalue weighted by molar-refractivity contribution is -0.115. The predicted molar refractivity (Wildman–Crippen MR) is 144 cm³/mol. The molecule has 4 rings (SSSR count). The lowest BCUT2D eigenvalue weighted by atomic mass is 10.0. The first-order valence-electron chi connectivity index (χ1n) is 12.1. The summed E-state index contributed by atoms with van der Waals surface area (Å²) in [4.78, 5) is 27.3. The Balaban J connectivity index is 1.45. The molecule has 2 amide bonds. The van der Waals surface area contributed by atoms with Gasteiger partial charge in [0.15, 0.2) is 0 Å². The van der Waals surface area contributed by atoms with Crippen molar-refractivity contribution in [2.75, 3.05) is 23.1 Å². The van der Waals surface area contributed by atoms with Gasteiger partial charge in [-0.1, -0.05) is 50.1 Å². The van der Waals surface area contributed by atoms with Gasteiger partial charge >= 0.3 is 0 Å². The van der Waals surface area contributed by atoms with Crippen molar-refractivity contribution >= 4 is 35.0 Å². The van der Waals surface area contributed by atoms with Crippen LogP contribution in [0.5, 0.6) is 5.75 Å². The molecular weight excluding hydrogens is 456 g/mol. The molecule has 0 unspecified atom stereocenters. The van der Waals surface area contributed by atoms with Gasteiger partial charge in [0, 0.05) is 11.3 Å². The molecular formula is C29H32N2O3S. The van der Waals surface area contributed by atoms with E-state index in [0.29, 0.717) is 17.1 Å². The second kappa shape index (κ2) is 11.5. The van der Waals surface area contributed by atoms with Crippen LogP contribution in [0.15, 0.2) is 66.7 Å². The number of hydrogen-bond acceptors (Lipinski definition) is 4. The third kappa shape index (κ3) is 5.88. The standard InChI is InChI=1S/C29H32N2O3S/c1-4-5-6-7-21-9-11-22(12-10-21)28(33)30-24-15-13-23(14-16-24)29-31(27(32)19-35-29)25-18-20(2)8-17-26(25)34-3/h8-18,29H,4-7,19H2,1-3H3,(H,30,33)/t29-/m0/s1. The maximum atomic E-state index is 12.8. The fraction of sp³-hybridized carbons (Fsp3) is 0.310. The average Bonchev–Trinajstić information content (AvgIpc) is 3.26. The highest BCUT2D eigenvalue weighted by atomic mass is 32.2. The molecule has 1 N–H and O–H groups in total. The highest BCUT2D eigenvalue weighted by Gasteiger charge is 2.35. The molecule has 5 nitrogen and oxygen atoms in total. The normalized spacial score (nSPS) is 15.3. The number of aryl methyl sites for hydroxylation is 2. The monoisotopic (exact) mass is 488 g/mol. The molecule has 0 bridgehead atoms. The number of carbonyl (C=O) groups excluding carboxylic acids is 2. The molecule has 1 atom stereocenters. The van der Waals surface area contributed by atoms with E-state index in [1.807, 2.05) is 78.6 Å².